The van der Waals surface area contributed by atoms with Crippen molar-refractivity contribution in [1.82, 2.24) is 9.78 Å². The minimum absolute atomic E-state index is 0.144. The molecule has 0 aliphatic carbocycles. The fourth-order valence-electron chi connectivity index (χ4n) is 3.57. The van der Waals surface area contributed by atoms with E-state index < -0.39 is 0 Å². The number of rotatable bonds is 3. The van der Waals surface area contributed by atoms with Crippen LogP contribution in [0.3, 0.4) is 0 Å². The SMILES string of the molecule is Cc1nn(C)c(N2CCCC(c3ccccc3)CC2)c1[N+](=O)[O-]. The zero-order valence-electron chi connectivity index (χ0n) is 13.6. The Morgan fingerprint density at radius 2 is 1.96 bits per heavy atom. The Bertz CT molecular complexity index is 696. The molecule has 2 heterocycles. The normalized spacial score (nSPS) is 18.7. The van der Waals surface area contributed by atoms with Crippen molar-refractivity contribution in [1.29, 1.82) is 0 Å². The summed E-state index contributed by atoms with van der Waals surface area (Å²) in [4.78, 5) is 13.2. The summed E-state index contributed by atoms with van der Waals surface area (Å²) in [5, 5.41) is 15.6. The third-order valence-corrected chi connectivity index (χ3v) is 4.64. The van der Waals surface area contributed by atoms with Crippen LogP contribution in [0.15, 0.2) is 30.3 Å². The quantitative estimate of drug-likeness (QED) is 0.643. The standard InChI is InChI=1S/C17H22N4O2/c1-13-16(21(22)23)17(19(2)18-13)20-11-6-9-15(10-12-20)14-7-4-3-5-8-14/h3-5,7-8,15H,6,9-12H2,1-2H3. The summed E-state index contributed by atoms with van der Waals surface area (Å²) in [6.07, 6.45) is 3.15. The first kappa shape index (κ1) is 15.5. The summed E-state index contributed by atoms with van der Waals surface area (Å²) >= 11 is 0. The van der Waals surface area contributed by atoms with E-state index in [-0.39, 0.29) is 10.6 Å². The smallest absolute Gasteiger partial charge is 0.333 e. The van der Waals surface area contributed by atoms with E-state index in [2.05, 4.69) is 34.3 Å². The Kier molecular flexibility index (Phi) is 4.32. The van der Waals surface area contributed by atoms with Crippen LogP contribution in [-0.2, 0) is 7.05 Å². The highest BCUT2D eigenvalue weighted by Gasteiger charge is 2.30. The third kappa shape index (κ3) is 3.06. The molecule has 0 spiro atoms. The van der Waals surface area contributed by atoms with Gasteiger partial charge in [-0.15, -0.1) is 0 Å². The molecule has 1 aromatic carbocycles. The lowest BCUT2D eigenvalue weighted by Gasteiger charge is -2.22. The lowest BCUT2D eigenvalue weighted by Crippen LogP contribution is -2.27. The van der Waals surface area contributed by atoms with Crippen molar-refractivity contribution in [2.24, 2.45) is 7.05 Å². The summed E-state index contributed by atoms with van der Waals surface area (Å²) in [6, 6.07) is 10.5. The Morgan fingerprint density at radius 1 is 1.22 bits per heavy atom. The molecule has 6 heteroatoms. The highest BCUT2D eigenvalue weighted by Crippen LogP contribution is 2.35. The van der Waals surface area contributed by atoms with E-state index in [0.29, 0.717) is 17.4 Å². The monoisotopic (exact) mass is 314 g/mol. The first-order valence-corrected chi connectivity index (χ1v) is 8.06. The average Bonchev–Trinajstić information content (AvgIpc) is 2.71. The Hall–Kier alpha value is -2.37. The van der Waals surface area contributed by atoms with E-state index in [1.807, 2.05) is 6.07 Å². The predicted molar refractivity (Wildman–Crippen MR) is 89.8 cm³/mol. The van der Waals surface area contributed by atoms with E-state index in [0.717, 1.165) is 32.4 Å². The van der Waals surface area contributed by atoms with Gasteiger partial charge in [0.1, 0.15) is 5.69 Å². The minimum atomic E-state index is -0.308. The van der Waals surface area contributed by atoms with Crippen LogP contribution in [0, 0.1) is 17.0 Å². The van der Waals surface area contributed by atoms with Gasteiger partial charge in [-0.1, -0.05) is 30.3 Å². The molecule has 3 rings (SSSR count). The molecule has 0 radical (unpaired) electrons. The Balaban J connectivity index is 1.83. The largest absolute Gasteiger partial charge is 0.351 e. The maximum absolute atomic E-state index is 11.4. The molecule has 0 N–H and O–H groups in total. The van der Waals surface area contributed by atoms with Gasteiger partial charge in [0.25, 0.3) is 0 Å². The molecule has 122 valence electrons. The third-order valence-electron chi connectivity index (χ3n) is 4.64. The second-order valence-corrected chi connectivity index (χ2v) is 6.16. The molecule has 1 saturated heterocycles. The van der Waals surface area contributed by atoms with Crippen LogP contribution >= 0.6 is 0 Å². The molecule has 1 aliphatic rings. The maximum atomic E-state index is 11.4. The van der Waals surface area contributed by atoms with E-state index in [1.54, 1.807) is 18.7 Å². The molecule has 6 nitrogen and oxygen atoms in total. The zero-order valence-corrected chi connectivity index (χ0v) is 13.6. The Morgan fingerprint density at radius 3 is 2.65 bits per heavy atom. The molecule has 0 amide bonds. The summed E-state index contributed by atoms with van der Waals surface area (Å²) in [6.45, 7) is 3.36. The van der Waals surface area contributed by atoms with Crippen LogP contribution < -0.4 is 4.90 Å². The fraction of sp³-hybridized carbons (Fsp3) is 0.471. The van der Waals surface area contributed by atoms with Gasteiger partial charge in [0.05, 0.1) is 4.92 Å². The number of aryl methyl sites for hydroxylation is 2. The van der Waals surface area contributed by atoms with Crippen molar-refractivity contribution >= 4 is 11.5 Å². The lowest BCUT2D eigenvalue weighted by atomic mass is 9.92. The van der Waals surface area contributed by atoms with Crippen LogP contribution in [0.25, 0.3) is 0 Å². The summed E-state index contributed by atoms with van der Waals surface area (Å²) in [5.41, 5.74) is 1.99. The number of hydrogen-bond acceptors (Lipinski definition) is 4. The van der Waals surface area contributed by atoms with Crippen molar-refractivity contribution < 1.29 is 4.92 Å². The summed E-state index contributed by atoms with van der Waals surface area (Å²) in [7, 11) is 1.79. The van der Waals surface area contributed by atoms with Gasteiger partial charge in [-0.25, -0.2) is 4.68 Å². The van der Waals surface area contributed by atoms with Crippen molar-refractivity contribution in [2.75, 3.05) is 18.0 Å². The van der Waals surface area contributed by atoms with Crippen LogP contribution in [0.1, 0.15) is 36.4 Å². The number of benzene rings is 1. The first-order chi connectivity index (χ1) is 11.1. The van der Waals surface area contributed by atoms with Crippen molar-refractivity contribution in [3.05, 3.63) is 51.7 Å². The average molecular weight is 314 g/mol. The van der Waals surface area contributed by atoms with E-state index >= 15 is 0 Å². The lowest BCUT2D eigenvalue weighted by molar-refractivity contribution is -0.384. The van der Waals surface area contributed by atoms with Gasteiger partial charge in [0.2, 0.25) is 5.82 Å². The number of anilines is 1. The Labute approximate surface area is 135 Å². The van der Waals surface area contributed by atoms with Gasteiger partial charge in [-0.3, -0.25) is 10.1 Å². The zero-order chi connectivity index (χ0) is 16.4. The predicted octanol–water partition coefficient (Wildman–Crippen LogP) is 3.41. The van der Waals surface area contributed by atoms with E-state index in [4.69, 9.17) is 0 Å². The molecule has 0 bridgehead atoms. The molecular formula is C17H22N4O2. The highest BCUT2D eigenvalue weighted by atomic mass is 16.6. The second-order valence-electron chi connectivity index (χ2n) is 6.16. The number of nitrogens with zero attached hydrogens (tertiary/aromatic N) is 4. The van der Waals surface area contributed by atoms with Crippen LogP contribution in [-0.4, -0.2) is 27.8 Å². The molecule has 0 saturated carbocycles. The number of nitro groups is 1. The van der Waals surface area contributed by atoms with Gasteiger partial charge in [0.15, 0.2) is 0 Å². The molecule has 1 aliphatic heterocycles. The van der Waals surface area contributed by atoms with Gasteiger partial charge < -0.3 is 4.90 Å². The molecule has 1 unspecified atom stereocenters. The molecular weight excluding hydrogens is 292 g/mol. The fourth-order valence-corrected chi connectivity index (χ4v) is 3.57. The van der Waals surface area contributed by atoms with E-state index in [1.165, 1.54) is 5.56 Å². The minimum Gasteiger partial charge on any atom is -0.351 e. The first-order valence-electron chi connectivity index (χ1n) is 8.06. The second kappa shape index (κ2) is 6.40. The number of hydrogen-bond donors (Lipinski definition) is 0. The van der Waals surface area contributed by atoms with E-state index in [9.17, 15) is 10.1 Å². The molecule has 2 aromatic rings. The topological polar surface area (TPSA) is 64.2 Å². The highest BCUT2D eigenvalue weighted by molar-refractivity contribution is 5.61. The van der Waals surface area contributed by atoms with Crippen molar-refractivity contribution in [3.63, 3.8) is 0 Å². The molecule has 1 fully saturated rings. The van der Waals surface area contributed by atoms with Gasteiger partial charge in [-0.05, 0) is 37.7 Å². The van der Waals surface area contributed by atoms with Crippen molar-refractivity contribution in [3.8, 4) is 0 Å². The van der Waals surface area contributed by atoms with Crippen LogP contribution in [0.4, 0.5) is 11.5 Å². The molecule has 1 aromatic heterocycles. The summed E-state index contributed by atoms with van der Waals surface area (Å²) in [5.74, 6) is 1.16. The van der Waals surface area contributed by atoms with Crippen LogP contribution in [0.5, 0.6) is 0 Å². The van der Waals surface area contributed by atoms with Gasteiger partial charge >= 0.3 is 5.69 Å². The molecule has 23 heavy (non-hydrogen) atoms. The maximum Gasteiger partial charge on any atom is 0.333 e. The van der Waals surface area contributed by atoms with Crippen LogP contribution in [0.2, 0.25) is 0 Å². The number of aromatic nitrogens is 2. The summed E-state index contributed by atoms with van der Waals surface area (Å²) < 4.78 is 1.65. The van der Waals surface area contributed by atoms with Gasteiger partial charge in [-0.2, -0.15) is 5.10 Å². The molecule has 1 atom stereocenters. The van der Waals surface area contributed by atoms with Gasteiger partial charge in [0, 0.05) is 20.1 Å². The van der Waals surface area contributed by atoms with Crippen molar-refractivity contribution in [2.45, 2.75) is 32.1 Å².